The number of rotatable bonds is 11. The molecule has 8 rings (SSSR count). The van der Waals surface area contributed by atoms with Crippen LogP contribution in [0.2, 0.25) is 0 Å². The molecule has 0 bridgehead atoms. The third-order valence-corrected chi connectivity index (χ3v) is 15.8. The SMILES string of the molecule is C/C=C/C(C)=C/C=C/C(C)=C/C=C/C=C(C)/C=C/C=C(\C)C(=O)Nc1ccc2c(N=C3N=C(N=C4[N-]C(=NC)c5c(C)c(C)c(C)c(C)c54)c4c(C)c(C)c(C)c(C)c43)[n-]c(N=C3N=Cc4c(C)c(C)c(C)c(C)c43)c2c1.[Zn+2]. The molecule has 1 N–H and O–H groups in total. The Bertz CT molecular complexity index is 3820. The molecule has 78 heavy (non-hydrogen) atoms. The quantitative estimate of drug-likeness (QED) is 0.0802. The van der Waals surface area contributed by atoms with Crippen LogP contribution in [0, 0.1) is 83.1 Å². The Labute approximate surface area is 474 Å². The van der Waals surface area contributed by atoms with Gasteiger partial charge in [0.1, 0.15) is 0 Å². The van der Waals surface area contributed by atoms with Gasteiger partial charge >= 0.3 is 19.5 Å². The predicted molar refractivity (Wildman–Crippen MR) is 328 cm³/mol. The zero-order valence-electron chi connectivity index (χ0n) is 48.9. The standard InChI is InChI=1S/C67H72N9O.Zn/c1-19-24-35(2)27-22-28-36(3)25-20-21-26-37(4)29-23-30-38(5)67(77)70-51-31-32-52-53(33-51)61(72-63-55-46(13)40(7)39(6)45(12)54(55)34-69-63)71-60(52)73-64-58-49(16)43(10)44(11)50(17)59(58)66(75-64)76-65-57-48(15)42(9)41(8)47(14)56(57)62(68-18)74-65;/h19-34H,1-18H3,(H2-,68,69,70,71,72,73,74,75,76,77);/q-1;+2/p-1/b21-20+,24-19+,28-22+,29-23+,35-27+,36-25+,37-26+,38-30+;. The van der Waals surface area contributed by atoms with E-state index in [1.807, 2.05) is 80.8 Å². The largest absolute Gasteiger partial charge is 2.00 e. The van der Waals surface area contributed by atoms with Crippen molar-refractivity contribution in [3.8, 4) is 0 Å². The van der Waals surface area contributed by atoms with Gasteiger partial charge in [-0.3, -0.25) is 9.79 Å². The van der Waals surface area contributed by atoms with E-state index in [1.165, 1.54) is 44.5 Å². The molecule has 3 aliphatic heterocycles. The molecular weight excluding hydrogens is 1010 g/mol. The number of allylic oxidation sites excluding steroid dienone is 15. The Hall–Kier alpha value is -7.75. The van der Waals surface area contributed by atoms with Gasteiger partial charge in [-0.05, 0) is 226 Å². The van der Waals surface area contributed by atoms with Gasteiger partial charge in [-0.15, -0.1) is 0 Å². The van der Waals surface area contributed by atoms with Crippen molar-refractivity contribution in [2.24, 2.45) is 30.0 Å². The summed E-state index contributed by atoms with van der Waals surface area (Å²) in [5, 5.41) is 9.62. The first-order valence-corrected chi connectivity index (χ1v) is 26.3. The summed E-state index contributed by atoms with van der Waals surface area (Å²) in [6, 6.07) is 5.75. The molecule has 0 saturated heterocycles. The van der Waals surface area contributed by atoms with Gasteiger partial charge in [0.25, 0.3) is 5.91 Å². The molecule has 3 aliphatic rings. The van der Waals surface area contributed by atoms with Gasteiger partial charge in [-0.25, -0.2) is 4.99 Å². The second kappa shape index (κ2) is 23.9. The summed E-state index contributed by atoms with van der Waals surface area (Å²) < 4.78 is 0. The molecule has 0 spiro atoms. The summed E-state index contributed by atoms with van der Waals surface area (Å²) in [5.41, 5.74) is 24.4. The third kappa shape index (κ3) is 11.2. The zero-order chi connectivity index (χ0) is 55.7. The number of fused-ring (bicyclic) bond motifs is 4. The van der Waals surface area contributed by atoms with Gasteiger partial charge < -0.3 is 35.6 Å². The molecule has 0 radical (unpaired) electrons. The Morgan fingerprint density at radius 2 is 1.04 bits per heavy atom. The van der Waals surface area contributed by atoms with E-state index < -0.39 is 0 Å². The predicted octanol–water partition coefficient (Wildman–Crippen LogP) is 16.0. The Kier molecular flexibility index (Phi) is 17.7. The van der Waals surface area contributed by atoms with Crippen molar-refractivity contribution in [2.45, 2.75) is 118 Å². The van der Waals surface area contributed by atoms with Crippen molar-refractivity contribution in [1.29, 1.82) is 0 Å². The molecule has 0 unspecified atom stereocenters. The smallest absolute Gasteiger partial charge is 0.398 e. The fourth-order valence-corrected chi connectivity index (χ4v) is 10.2. The molecule has 4 aromatic carbocycles. The molecule has 1 aromatic heterocycles. The minimum Gasteiger partial charge on any atom is -0.398 e. The van der Waals surface area contributed by atoms with Gasteiger partial charge in [0.05, 0.1) is 17.5 Å². The maximum atomic E-state index is 13.8. The third-order valence-electron chi connectivity index (χ3n) is 15.8. The molecule has 0 atom stereocenters. The Balaban J connectivity index is 0.00000882. The van der Waals surface area contributed by atoms with Crippen LogP contribution in [0.25, 0.3) is 16.1 Å². The summed E-state index contributed by atoms with van der Waals surface area (Å²) in [7, 11) is 1.78. The van der Waals surface area contributed by atoms with E-state index in [0.29, 0.717) is 57.5 Å². The normalized spacial score (nSPS) is 16.9. The molecular formula is C67H71N9OZn. The monoisotopic (exact) mass is 1080 g/mol. The molecule has 4 heterocycles. The number of nitrogens with one attached hydrogen (secondary N) is 1. The van der Waals surface area contributed by atoms with Crippen LogP contribution in [0.1, 0.15) is 135 Å². The van der Waals surface area contributed by atoms with E-state index in [4.69, 9.17) is 35.3 Å². The summed E-state index contributed by atoms with van der Waals surface area (Å²) in [6.07, 6.45) is 26.1. The summed E-state index contributed by atoms with van der Waals surface area (Å²) in [6.45, 7) is 35.7. The summed E-state index contributed by atoms with van der Waals surface area (Å²) in [4.78, 5) is 49.6. The number of amidine groups is 5. The number of hydrogen-bond donors (Lipinski definition) is 1. The molecule has 392 valence electrons. The van der Waals surface area contributed by atoms with Crippen molar-refractivity contribution in [3.05, 3.63) is 219 Å². The number of benzene rings is 4. The maximum Gasteiger partial charge on any atom is 2.00 e. The number of hydrogen-bond acceptors (Lipinski definition) is 5. The first-order chi connectivity index (χ1) is 36.7. The number of aromatic nitrogens is 1. The number of anilines is 1. The Morgan fingerprint density at radius 3 is 1.64 bits per heavy atom. The number of carbonyl (C=O) groups excluding carboxylic acids is 1. The Morgan fingerprint density at radius 1 is 0.538 bits per heavy atom. The van der Waals surface area contributed by atoms with Crippen molar-refractivity contribution in [3.63, 3.8) is 0 Å². The number of aliphatic imine (C=N–C) groups is 6. The molecule has 10 nitrogen and oxygen atoms in total. The van der Waals surface area contributed by atoms with Gasteiger partial charge in [-0.2, -0.15) is 0 Å². The van der Waals surface area contributed by atoms with Crippen molar-refractivity contribution in [2.75, 3.05) is 12.4 Å². The van der Waals surface area contributed by atoms with Crippen LogP contribution in [-0.2, 0) is 24.3 Å². The van der Waals surface area contributed by atoms with Crippen molar-refractivity contribution < 1.29 is 24.3 Å². The number of amides is 1. The van der Waals surface area contributed by atoms with E-state index >= 15 is 0 Å². The van der Waals surface area contributed by atoms with Gasteiger partial charge in [0.2, 0.25) is 0 Å². The van der Waals surface area contributed by atoms with E-state index in [0.717, 1.165) is 77.7 Å². The van der Waals surface area contributed by atoms with Crippen molar-refractivity contribution in [1.82, 2.24) is 4.98 Å². The minimum absolute atomic E-state index is 0. The summed E-state index contributed by atoms with van der Waals surface area (Å²) >= 11 is 0. The van der Waals surface area contributed by atoms with Crippen LogP contribution in [-0.4, -0.2) is 48.3 Å². The average Bonchev–Trinajstić information content (AvgIpc) is 4.20. The van der Waals surface area contributed by atoms with E-state index in [2.05, 4.69) is 138 Å². The molecule has 5 aromatic rings. The van der Waals surface area contributed by atoms with Gasteiger partial charge in [-0.1, -0.05) is 95.7 Å². The van der Waals surface area contributed by atoms with Crippen LogP contribution in [0.3, 0.4) is 0 Å². The van der Waals surface area contributed by atoms with Crippen LogP contribution < -0.4 is 10.3 Å². The number of nitrogens with zero attached hydrogens (tertiary/aromatic N) is 8. The molecule has 0 fully saturated rings. The maximum absolute atomic E-state index is 13.8. The second-order valence-electron chi connectivity index (χ2n) is 20.6. The van der Waals surface area contributed by atoms with Crippen LogP contribution in [0.15, 0.2) is 143 Å². The van der Waals surface area contributed by atoms with E-state index in [9.17, 15) is 4.79 Å². The zero-order valence-corrected chi connectivity index (χ0v) is 51.9. The van der Waals surface area contributed by atoms with Crippen LogP contribution in [0.5, 0.6) is 0 Å². The fourth-order valence-electron chi connectivity index (χ4n) is 10.2. The molecule has 11 heteroatoms. The van der Waals surface area contributed by atoms with E-state index in [-0.39, 0.29) is 25.4 Å². The first-order valence-electron chi connectivity index (χ1n) is 26.3. The van der Waals surface area contributed by atoms with Gasteiger partial charge in [0.15, 0.2) is 0 Å². The van der Waals surface area contributed by atoms with Crippen molar-refractivity contribution >= 4 is 69.4 Å². The summed E-state index contributed by atoms with van der Waals surface area (Å²) in [5.74, 6) is 3.54. The molecule has 1 amide bonds. The minimum atomic E-state index is -0.230. The van der Waals surface area contributed by atoms with Gasteiger partial charge in [0, 0.05) is 63.0 Å². The second-order valence-corrected chi connectivity index (χ2v) is 20.6. The van der Waals surface area contributed by atoms with Crippen LogP contribution in [0.4, 0.5) is 17.3 Å². The average molecular weight is 1080 g/mol. The topological polar surface area (TPSA) is 131 Å². The number of carbonyl (C=O) groups is 1. The first kappa shape index (κ1) is 57.9. The fraction of sp³-hybridized carbons (Fsp3) is 0.269. The molecule has 0 aliphatic carbocycles. The molecule has 0 saturated carbocycles. The van der Waals surface area contributed by atoms with Crippen LogP contribution >= 0.6 is 0 Å². The van der Waals surface area contributed by atoms with E-state index in [1.54, 1.807) is 14.0 Å².